The molecule has 22 heavy (non-hydrogen) atoms. The van der Waals surface area contributed by atoms with Gasteiger partial charge in [0.25, 0.3) is 5.91 Å². The van der Waals surface area contributed by atoms with Gasteiger partial charge in [-0.05, 0) is 37.6 Å². The van der Waals surface area contributed by atoms with E-state index in [9.17, 15) is 4.79 Å². The second-order valence-electron chi connectivity index (χ2n) is 6.19. The Labute approximate surface area is 133 Å². The smallest absolute Gasteiger partial charge is 0.270 e. The predicted octanol–water partition coefficient (Wildman–Crippen LogP) is 2.37. The van der Waals surface area contributed by atoms with Gasteiger partial charge in [-0.1, -0.05) is 0 Å². The molecule has 2 saturated heterocycles. The van der Waals surface area contributed by atoms with E-state index in [0.717, 1.165) is 34.7 Å². The number of piperidine rings is 1. The third kappa shape index (κ3) is 2.50. The van der Waals surface area contributed by atoms with Crippen LogP contribution in [-0.2, 0) is 0 Å². The monoisotopic (exact) mass is 317 g/mol. The van der Waals surface area contributed by atoms with Gasteiger partial charge in [0.15, 0.2) is 5.58 Å². The van der Waals surface area contributed by atoms with Crippen LogP contribution in [0.5, 0.6) is 0 Å². The second-order valence-corrected chi connectivity index (χ2v) is 7.04. The zero-order valence-electron chi connectivity index (χ0n) is 12.5. The van der Waals surface area contributed by atoms with Crippen molar-refractivity contribution in [1.29, 1.82) is 0 Å². The molecule has 4 heterocycles. The van der Waals surface area contributed by atoms with Crippen molar-refractivity contribution in [1.82, 2.24) is 15.2 Å². The molecule has 0 aliphatic carbocycles. The van der Waals surface area contributed by atoms with E-state index in [0.29, 0.717) is 5.69 Å². The fourth-order valence-electron chi connectivity index (χ4n) is 3.62. The number of pyridine rings is 1. The Balaban J connectivity index is 1.52. The van der Waals surface area contributed by atoms with E-state index in [4.69, 9.17) is 4.42 Å². The van der Waals surface area contributed by atoms with Gasteiger partial charge in [0.05, 0.1) is 11.1 Å². The fourth-order valence-corrected chi connectivity index (χ4v) is 4.14. The van der Waals surface area contributed by atoms with Gasteiger partial charge in [-0.3, -0.25) is 4.79 Å². The predicted molar refractivity (Wildman–Crippen MR) is 86.2 cm³/mol. The van der Waals surface area contributed by atoms with Crippen LogP contribution in [0.15, 0.2) is 27.8 Å². The summed E-state index contributed by atoms with van der Waals surface area (Å²) in [4.78, 5) is 20.2. The van der Waals surface area contributed by atoms with Crippen molar-refractivity contribution < 1.29 is 9.21 Å². The SMILES string of the molecule is CSc1coc2cnc(C(=O)N[C@@H]3C[C@@H]4CCN(C4)C3)cc12. The molecule has 1 unspecified atom stereocenters. The van der Waals surface area contributed by atoms with Crippen molar-refractivity contribution in [3.8, 4) is 0 Å². The molecule has 0 spiro atoms. The number of fused-ring (bicyclic) bond motifs is 3. The number of hydrogen-bond acceptors (Lipinski definition) is 5. The molecule has 2 aliphatic rings. The Morgan fingerprint density at radius 1 is 1.50 bits per heavy atom. The number of nitrogens with one attached hydrogen (secondary N) is 1. The molecule has 2 bridgehead atoms. The maximum absolute atomic E-state index is 12.5. The number of rotatable bonds is 3. The standard InChI is InChI=1S/C16H19N3O2S/c1-22-15-9-21-14-6-17-13(5-12(14)15)16(20)18-11-4-10-2-3-19(7-10)8-11/h5-6,9-11H,2-4,7-8H2,1H3,(H,18,20)/t10-,11+/m0/s1. The zero-order chi connectivity index (χ0) is 15.1. The van der Waals surface area contributed by atoms with Gasteiger partial charge < -0.3 is 14.6 Å². The summed E-state index contributed by atoms with van der Waals surface area (Å²) in [5.74, 6) is 0.661. The lowest BCUT2D eigenvalue weighted by atomic mass is 9.97. The van der Waals surface area contributed by atoms with Crippen LogP contribution >= 0.6 is 11.8 Å². The molecular weight excluding hydrogens is 298 g/mol. The molecule has 6 heteroatoms. The molecule has 2 aliphatic heterocycles. The van der Waals surface area contributed by atoms with Gasteiger partial charge in [-0.25, -0.2) is 4.98 Å². The summed E-state index contributed by atoms with van der Waals surface area (Å²) < 4.78 is 5.44. The van der Waals surface area contributed by atoms with Crippen LogP contribution in [0.25, 0.3) is 11.0 Å². The Morgan fingerprint density at radius 2 is 2.41 bits per heavy atom. The first-order valence-electron chi connectivity index (χ1n) is 7.67. The number of furan rings is 1. The maximum atomic E-state index is 12.5. The third-order valence-corrected chi connectivity index (χ3v) is 5.44. The van der Waals surface area contributed by atoms with Gasteiger partial charge in [0.1, 0.15) is 12.0 Å². The number of aromatic nitrogens is 1. The van der Waals surface area contributed by atoms with Crippen molar-refractivity contribution in [3.63, 3.8) is 0 Å². The van der Waals surface area contributed by atoms with E-state index >= 15 is 0 Å². The minimum atomic E-state index is -0.0809. The summed E-state index contributed by atoms with van der Waals surface area (Å²) in [6, 6.07) is 2.08. The average Bonchev–Trinajstić information content (AvgIpc) is 3.09. The van der Waals surface area contributed by atoms with Crippen molar-refractivity contribution in [3.05, 3.63) is 24.2 Å². The lowest BCUT2D eigenvalue weighted by molar-refractivity contribution is 0.0904. The highest BCUT2D eigenvalue weighted by molar-refractivity contribution is 7.98. The van der Waals surface area contributed by atoms with Crippen LogP contribution in [0.2, 0.25) is 0 Å². The molecule has 1 amide bonds. The summed E-state index contributed by atoms with van der Waals surface area (Å²) in [5, 5.41) is 4.11. The highest BCUT2D eigenvalue weighted by Crippen LogP contribution is 2.29. The van der Waals surface area contributed by atoms with Gasteiger partial charge in [-0.15, -0.1) is 11.8 Å². The van der Waals surface area contributed by atoms with Crippen LogP contribution in [0.4, 0.5) is 0 Å². The topological polar surface area (TPSA) is 58.4 Å². The van der Waals surface area contributed by atoms with E-state index in [1.165, 1.54) is 19.5 Å². The molecule has 2 aromatic heterocycles. The van der Waals surface area contributed by atoms with Crippen LogP contribution in [0, 0.1) is 5.92 Å². The van der Waals surface area contributed by atoms with Crippen molar-refractivity contribution in [2.24, 2.45) is 5.92 Å². The Kier molecular flexibility index (Phi) is 3.58. The van der Waals surface area contributed by atoms with Gasteiger partial charge in [0, 0.05) is 24.5 Å². The molecule has 3 atom stereocenters. The molecule has 5 nitrogen and oxygen atoms in total. The Hall–Kier alpha value is -1.53. The number of carbonyl (C=O) groups is 1. The van der Waals surface area contributed by atoms with Crippen LogP contribution in [-0.4, -0.2) is 47.7 Å². The summed E-state index contributed by atoms with van der Waals surface area (Å²) in [6.07, 6.45) is 7.70. The van der Waals surface area contributed by atoms with Crippen molar-refractivity contribution in [2.75, 3.05) is 25.9 Å². The lowest BCUT2D eigenvalue weighted by Gasteiger charge is -2.30. The molecular formula is C16H19N3O2S. The van der Waals surface area contributed by atoms with E-state index in [1.54, 1.807) is 24.2 Å². The highest BCUT2D eigenvalue weighted by Gasteiger charge is 2.33. The van der Waals surface area contributed by atoms with E-state index in [-0.39, 0.29) is 11.9 Å². The molecule has 0 aromatic carbocycles. The molecule has 0 saturated carbocycles. The maximum Gasteiger partial charge on any atom is 0.270 e. The van der Waals surface area contributed by atoms with Crippen LogP contribution in [0.1, 0.15) is 23.3 Å². The Morgan fingerprint density at radius 3 is 3.23 bits per heavy atom. The first-order chi connectivity index (χ1) is 10.7. The third-order valence-electron chi connectivity index (χ3n) is 4.68. The normalized spacial score (nSPS) is 27.2. The number of nitrogens with zero attached hydrogens (tertiary/aromatic N) is 2. The second kappa shape index (κ2) is 5.59. The van der Waals surface area contributed by atoms with E-state index in [1.807, 2.05) is 12.3 Å². The van der Waals surface area contributed by atoms with E-state index < -0.39 is 0 Å². The molecule has 116 valence electrons. The summed E-state index contributed by atoms with van der Waals surface area (Å²) in [6.45, 7) is 3.34. The Bertz CT molecular complexity index is 702. The van der Waals surface area contributed by atoms with Crippen molar-refractivity contribution in [2.45, 2.75) is 23.8 Å². The van der Waals surface area contributed by atoms with Crippen LogP contribution in [0.3, 0.4) is 0 Å². The average molecular weight is 317 g/mol. The largest absolute Gasteiger partial charge is 0.462 e. The quantitative estimate of drug-likeness (QED) is 0.881. The molecule has 2 fully saturated rings. The number of carbonyl (C=O) groups excluding carboxylic acids is 1. The van der Waals surface area contributed by atoms with Crippen molar-refractivity contribution >= 4 is 28.6 Å². The lowest BCUT2D eigenvalue weighted by Crippen LogP contribution is -2.47. The molecule has 1 N–H and O–H groups in total. The summed E-state index contributed by atoms with van der Waals surface area (Å²) in [7, 11) is 0. The zero-order valence-corrected chi connectivity index (χ0v) is 13.4. The van der Waals surface area contributed by atoms with Crippen LogP contribution < -0.4 is 5.32 Å². The number of amides is 1. The molecule has 4 rings (SSSR count). The number of thioether (sulfide) groups is 1. The first kappa shape index (κ1) is 14.1. The van der Waals surface area contributed by atoms with Gasteiger partial charge >= 0.3 is 0 Å². The fraction of sp³-hybridized carbons (Fsp3) is 0.500. The minimum absolute atomic E-state index is 0.0809. The first-order valence-corrected chi connectivity index (χ1v) is 8.90. The molecule has 2 aromatic rings. The van der Waals surface area contributed by atoms with Gasteiger partial charge in [0.2, 0.25) is 0 Å². The summed E-state index contributed by atoms with van der Waals surface area (Å²) in [5.41, 5.74) is 1.19. The summed E-state index contributed by atoms with van der Waals surface area (Å²) >= 11 is 1.61. The van der Waals surface area contributed by atoms with Gasteiger partial charge in [-0.2, -0.15) is 0 Å². The number of hydrogen-bond donors (Lipinski definition) is 1. The molecule has 0 radical (unpaired) electrons. The highest BCUT2D eigenvalue weighted by atomic mass is 32.2. The van der Waals surface area contributed by atoms with E-state index in [2.05, 4.69) is 15.2 Å². The minimum Gasteiger partial charge on any atom is -0.462 e.